The van der Waals surface area contributed by atoms with Crippen molar-refractivity contribution in [3.05, 3.63) is 71.2 Å². The van der Waals surface area contributed by atoms with Crippen LogP contribution in [0.5, 0.6) is 28.7 Å². The fraction of sp³-hybridized carbons (Fsp3) is 0.174. The molecule has 7 heteroatoms. The maximum Gasteiger partial charge on any atom is 0.255 e. The Balaban J connectivity index is 1.72. The monoisotopic (exact) mass is 427 g/mol. The standard InChI is InChI=1S/C23H22ClNO5/c1-4-29-22-18(24)13-15(14-21(22)28-3)23(26)25-16-9-11-17(12-10-16)30-20-8-6-5-7-19(20)27-2/h5-14H,4H2,1-3H3,(H,25,26). The van der Waals surface area contributed by atoms with Gasteiger partial charge in [-0.2, -0.15) is 0 Å². The molecule has 0 bridgehead atoms. The molecule has 6 nitrogen and oxygen atoms in total. The molecule has 0 heterocycles. The second-order valence-electron chi connectivity index (χ2n) is 6.15. The van der Waals surface area contributed by atoms with Crippen LogP contribution in [0.4, 0.5) is 5.69 Å². The molecule has 156 valence electrons. The van der Waals surface area contributed by atoms with E-state index < -0.39 is 0 Å². The first kappa shape index (κ1) is 21.3. The quantitative estimate of drug-likeness (QED) is 0.492. The molecule has 3 aromatic carbocycles. The number of para-hydroxylation sites is 2. The van der Waals surface area contributed by atoms with E-state index in [0.717, 1.165) is 0 Å². The third-order valence-electron chi connectivity index (χ3n) is 4.19. The Bertz CT molecular complexity index is 1020. The van der Waals surface area contributed by atoms with Crippen LogP contribution in [0.25, 0.3) is 0 Å². The minimum Gasteiger partial charge on any atom is -0.493 e. The van der Waals surface area contributed by atoms with Crippen molar-refractivity contribution in [2.24, 2.45) is 0 Å². The Kier molecular flexibility index (Phi) is 7.03. The van der Waals surface area contributed by atoms with Crippen LogP contribution in [-0.4, -0.2) is 26.7 Å². The molecule has 3 aromatic rings. The van der Waals surface area contributed by atoms with Gasteiger partial charge in [-0.1, -0.05) is 23.7 Å². The summed E-state index contributed by atoms with van der Waals surface area (Å²) in [4.78, 5) is 12.6. The molecule has 0 fully saturated rings. The summed E-state index contributed by atoms with van der Waals surface area (Å²) in [6, 6.07) is 17.5. The second-order valence-corrected chi connectivity index (χ2v) is 6.56. The smallest absolute Gasteiger partial charge is 0.255 e. The van der Waals surface area contributed by atoms with Crippen LogP contribution in [0.1, 0.15) is 17.3 Å². The van der Waals surface area contributed by atoms with Crippen LogP contribution in [0, 0.1) is 0 Å². The first-order valence-electron chi connectivity index (χ1n) is 9.28. The average Bonchev–Trinajstić information content (AvgIpc) is 2.76. The van der Waals surface area contributed by atoms with E-state index in [-0.39, 0.29) is 5.91 Å². The van der Waals surface area contributed by atoms with E-state index in [4.69, 9.17) is 30.5 Å². The molecule has 3 rings (SSSR count). The van der Waals surface area contributed by atoms with Crippen molar-refractivity contribution in [1.29, 1.82) is 0 Å². The van der Waals surface area contributed by atoms with Crippen molar-refractivity contribution >= 4 is 23.2 Å². The summed E-state index contributed by atoms with van der Waals surface area (Å²) in [5.74, 6) is 2.34. The first-order chi connectivity index (χ1) is 14.5. The van der Waals surface area contributed by atoms with Crippen molar-refractivity contribution in [2.45, 2.75) is 6.92 Å². The highest BCUT2D eigenvalue weighted by Crippen LogP contribution is 2.37. The zero-order chi connectivity index (χ0) is 21.5. The van der Waals surface area contributed by atoms with Gasteiger partial charge in [-0.25, -0.2) is 0 Å². The lowest BCUT2D eigenvalue weighted by molar-refractivity contribution is 0.102. The second kappa shape index (κ2) is 9.89. The van der Waals surface area contributed by atoms with Crippen LogP contribution >= 0.6 is 11.6 Å². The maximum atomic E-state index is 12.6. The lowest BCUT2D eigenvalue weighted by atomic mass is 10.1. The number of nitrogens with one attached hydrogen (secondary N) is 1. The molecular formula is C23H22ClNO5. The topological polar surface area (TPSA) is 66.0 Å². The normalized spacial score (nSPS) is 10.3. The first-order valence-corrected chi connectivity index (χ1v) is 9.66. The number of amides is 1. The summed E-state index contributed by atoms with van der Waals surface area (Å²) in [5, 5.41) is 3.13. The minimum absolute atomic E-state index is 0.307. The molecule has 0 saturated carbocycles. The highest BCUT2D eigenvalue weighted by atomic mass is 35.5. The molecule has 0 aliphatic rings. The van der Waals surface area contributed by atoms with Gasteiger partial charge in [0.1, 0.15) is 5.75 Å². The van der Waals surface area contributed by atoms with Crippen molar-refractivity contribution in [1.82, 2.24) is 0 Å². The third-order valence-corrected chi connectivity index (χ3v) is 4.47. The Morgan fingerprint density at radius 2 is 1.60 bits per heavy atom. The number of hydrogen-bond donors (Lipinski definition) is 1. The summed E-state index contributed by atoms with van der Waals surface area (Å²) in [5.41, 5.74) is 0.964. The molecule has 0 spiro atoms. The van der Waals surface area contributed by atoms with Gasteiger partial charge >= 0.3 is 0 Å². The van der Waals surface area contributed by atoms with Crippen LogP contribution in [0.2, 0.25) is 5.02 Å². The zero-order valence-corrected chi connectivity index (χ0v) is 17.7. The largest absolute Gasteiger partial charge is 0.493 e. The molecule has 30 heavy (non-hydrogen) atoms. The van der Waals surface area contributed by atoms with Gasteiger partial charge in [0.25, 0.3) is 5.91 Å². The van der Waals surface area contributed by atoms with Crippen LogP contribution in [0.3, 0.4) is 0 Å². The highest BCUT2D eigenvalue weighted by Gasteiger charge is 2.16. The van der Waals surface area contributed by atoms with Gasteiger partial charge in [0.05, 0.1) is 25.8 Å². The third kappa shape index (κ3) is 4.96. The summed E-state index contributed by atoms with van der Waals surface area (Å²) < 4.78 is 21.9. The van der Waals surface area contributed by atoms with Crippen LogP contribution in [0.15, 0.2) is 60.7 Å². The lowest BCUT2D eigenvalue weighted by Gasteiger charge is -2.13. The van der Waals surface area contributed by atoms with Gasteiger partial charge in [0, 0.05) is 11.3 Å². The van der Waals surface area contributed by atoms with Gasteiger partial charge < -0.3 is 24.3 Å². The number of carbonyl (C=O) groups excluding carboxylic acids is 1. The zero-order valence-electron chi connectivity index (χ0n) is 16.9. The Morgan fingerprint density at radius 3 is 2.23 bits per heavy atom. The SMILES string of the molecule is CCOc1c(Cl)cc(C(=O)Nc2ccc(Oc3ccccc3OC)cc2)cc1OC. The summed E-state index contributed by atoms with van der Waals surface area (Å²) >= 11 is 6.25. The van der Waals surface area contributed by atoms with Crippen molar-refractivity contribution < 1.29 is 23.7 Å². The number of rotatable bonds is 8. The fourth-order valence-electron chi connectivity index (χ4n) is 2.78. The molecule has 0 aliphatic carbocycles. The molecule has 0 radical (unpaired) electrons. The maximum absolute atomic E-state index is 12.6. The average molecular weight is 428 g/mol. The van der Waals surface area contributed by atoms with Crippen LogP contribution in [-0.2, 0) is 0 Å². The van der Waals surface area contributed by atoms with Gasteiger partial charge in [0.2, 0.25) is 0 Å². The van der Waals surface area contributed by atoms with E-state index in [2.05, 4.69) is 5.32 Å². The van der Waals surface area contributed by atoms with Gasteiger partial charge in [0.15, 0.2) is 23.0 Å². The number of carbonyl (C=O) groups is 1. The number of hydrogen-bond acceptors (Lipinski definition) is 5. The summed E-state index contributed by atoms with van der Waals surface area (Å²) in [6.45, 7) is 2.28. The molecule has 0 unspecified atom stereocenters. The lowest BCUT2D eigenvalue weighted by Crippen LogP contribution is -2.12. The molecule has 0 atom stereocenters. The van der Waals surface area contributed by atoms with E-state index in [1.165, 1.54) is 7.11 Å². The number of benzene rings is 3. The number of methoxy groups -OCH3 is 2. The number of anilines is 1. The summed E-state index contributed by atoms with van der Waals surface area (Å²) in [6.07, 6.45) is 0. The number of halogens is 1. The van der Waals surface area contributed by atoms with E-state index in [1.807, 2.05) is 31.2 Å². The molecule has 0 aromatic heterocycles. The minimum atomic E-state index is -0.323. The number of ether oxygens (including phenoxy) is 4. The highest BCUT2D eigenvalue weighted by molar-refractivity contribution is 6.32. The molecular weight excluding hydrogens is 406 g/mol. The van der Waals surface area contributed by atoms with E-state index >= 15 is 0 Å². The van der Waals surface area contributed by atoms with Gasteiger partial charge in [-0.15, -0.1) is 0 Å². The molecule has 0 saturated heterocycles. The van der Waals surface area contributed by atoms with E-state index in [9.17, 15) is 4.79 Å². The van der Waals surface area contributed by atoms with Crippen molar-refractivity contribution in [3.8, 4) is 28.7 Å². The Hall–Kier alpha value is -3.38. The van der Waals surface area contributed by atoms with Gasteiger partial charge in [-0.3, -0.25) is 4.79 Å². The van der Waals surface area contributed by atoms with Gasteiger partial charge in [-0.05, 0) is 55.5 Å². The predicted octanol–water partition coefficient (Wildman–Crippen LogP) is 5.80. The Morgan fingerprint density at radius 1 is 0.933 bits per heavy atom. The van der Waals surface area contributed by atoms with Crippen molar-refractivity contribution in [3.63, 3.8) is 0 Å². The van der Waals surface area contributed by atoms with Crippen molar-refractivity contribution in [2.75, 3.05) is 26.1 Å². The molecule has 0 aliphatic heterocycles. The van der Waals surface area contributed by atoms with E-state index in [0.29, 0.717) is 51.6 Å². The molecule has 1 N–H and O–H groups in total. The fourth-order valence-corrected chi connectivity index (χ4v) is 3.04. The van der Waals surface area contributed by atoms with Crippen LogP contribution < -0.4 is 24.3 Å². The predicted molar refractivity (Wildman–Crippen MR) is 117 cm³/mol. The van der Waals surface area contributed by atoms with E-state index in [1.54, 1.807) is 43.5 Å². The molecule has 1 amide bonds. The Labute approximate surface area is 180 Å². The summed E-state index contributed by atoms with van der Waals surface area (Å²) in [7, 11) is 3.08.